The van der Waals surface area contributed by atoms with Crippen LogP contribution in [0.4, 0.5) is 17.1 Å². The van der Waals surface area contributed by atoms with Crippen molar-refractivity contribution >= 4 is 71.7 Å². The Morgan fingerprint density at radius 1 is 0.291 bits per heavy atom. The maximum atomic E-state index is 6.46. The number of nitrogens with zero attached hydrogens (tertiary/aromatic N) is 1. The van der Waals surface area contributed by atoms with Gasteiger partial charge in [0.25, 0.3) is 0 Å². The van der Waals surface area contributed by atoms with E-state index in [1.165, 1.54) is 21.9 Å². The van der Waals surface area contributed by atoms with Gasteiger partial charge in [-0.1, -0.05) is 133 Å². The van der Waals surface area contributed by atoms with Crippen molar-refractivity contribution in [3.8, 4) is 33.4 Å². The quantitative estimate of drug-likeness (QED) is 0.173. The molecule has 11 aromatic rings. The Hall–Kier alpha value is -7.36. The second-order valence-corrected chi connectivity index (χ2v) is 14.1. The summed E-state index contributed by atoms with van der Waals surface area (Å²) >= 11 is 0. The van der Waals surface area contributed by atoms with E-state index in [1.807, 2.05) is 12.1 Å². The van der Waals surface area contributed by atoms with E-state index in [-0.39, 0.29) is 0 Å². The van der Waals surface area contributed by atoms with E-state index < -0.39 is 0 Å². The third-order valence-electron chi connectivity index (χ3n) is 10.8. The Labute approximate surface area is 317 Å². The van der Waals surface area contributed by atoms with Crippen LogP contribution in [0.15, 0.2) is 209 Å². The molecule has 0 radical (unpaired) electrons. The summed E-state index contributed by atoms with van der Waals surface area (Å²) in [5, 5.41) is 6.90. The molecular formula is C52H33NO2. The number of hydrogen-bond donors (Lipinski definition) is 0. The minimum Gasteiger partial charge on any atom is -0.456 e. The molecule has 0 aliphatic carbocycles. The first kappa shape index (κ1) is 31.2. The summed E-state index contributed by atoms with van der Waals surface area (Å²) in [6.45, 7) is 0. The van der Waals surface area contributed by atoms with Crippen LogP contribution < -0.4 is 4.90 Å². The molecule has 11 rings (SSSR count). The standard InChI is InChI=1S/C52H33NO2/c1-2-10-34(11-3-1)35-20-25-41(26-21-35)53(43-15-8-14-40(30-43)44-17-9-18-46-45-16-6-7-19-49(45)55-52(44)46)42-27-22-36(23-28-42)39-24-29-50-47(32-39)48-31-37-12-4-5-13-38(37)33-51(48)54-50/h1-33H. The lowest BCUT2D eigenvalue weighted by Gasteiger charge is -2.26. The minimum atomic E-state index is 0.897. The molecular weight excluding hydrogens is 671 g/mol. The van der Waals surface area contributed by atoms with Gasteiger partial charge in [0.05, 0.1) is 0 Å². The van der Waals surface area contributed by atoms with Gasteiger partial charge in [0.15, 0.2) is 0 Å². The number of furan rings is 2. The van der Waals surface area contributed by atoms with Crippen LogP contribution in [-0.2, 0) is 0 Å². The Morgan fingerprint density at radius 2 is 0.873 bits per heavy atom. The molecule has 0 amide bonds. The van der Waals surface area contributed by atoms with E-state index in [0.29, 0.717) is 0 Å². The van der Waals surface area contributed by atoms with Gasteiger partial charge in [0, 0.05) is 44.2 Å². The monoisotopic (exact) mass is 703 g/mol. The summed E-state index contributed by atoms with van der Waals surface area (Å²) in [4.78, 5) is 2.33. The van der Waals surface area contributed by atoms with Crippen molar-refractivity contribution in [1.82, 2.24) is 0 Å². The van der Waals surface area contributed by atoms with Crippen molar-refractivity contribution in [2.24, 2.45) is 0 Å². The van der Waals surface area contributed by atoms with Gasteiger partial charge in [-0.25, -0.2) is 0 Å². The van der Waals surface area contributed by atoms with Crippen molar-refractivity contribution in [3.63, 3.8) is 0 Å². The molecule has 9 aromatic carbocycles. The maximum absolute atomic E-state index is 6.46. The molecule has 0 saturated carbocycles. The first-order valence-electron chi connectivity index (χ1n) is 18.7. The number of benzene rings is 9. The lowest BCUT2D eigenvalue weighted by molar-refractivity contribution is 0.669. The van der Waals surface area contributed by atoms with Crippen molar-refractivity contribution in [2.75, 3.05) is 4.90 Å². The zero-order valence-corrected chi connectivity index (χ0v) is 29.8. The van der Waals surface area contributed by atoms with Gasteiger partial charge in [0.1, 0.15) is 22.3 Å². The SMILES string of the molecule is c1ccc(-c2ccc(N(c3ccc(-c4ccc5oc6cc7ccccc7cc6c5c4)cc3)c3cccc(-c4cccc5c4oc4ccccc45)c3)cc2)cc1. The molecule has 258 valence electrons. The van der Waals surface area contributed by atoms with Crippen LogP contribution in [0.3, 0.4) is 0 Å². The third-order valence-corrected chi connectivity index (χ3v) is 10.8. The molecule has 3 nitrogen and oxygen atoms in total. The average molecular weight is 704 g/mol. The predicted octanol–water partition coefficient (Wildman–Crippen LogP) is 15.1. The fourth-order valence-corrected chi connectivity index (χ4v) is 8.11. The van der Waals surface area contributed by atoms with Gasteiger partial charge in [-0.3, -0.25) is 0 Å². The third kappa shape index (κ3) is 5.36. The van der Waals surface area contributed by atoms with Gasteiger partial charge in [0.2, 0.25) is 0 Å². The second-order valence-electron chi connectivity index (χ2n) is 14.1. The van der Waals surface area contributed by atoms with Crippen molar-refractivity contribution in [1.29, 1.82) is 0 Å². The number of para-hydroxylation sites is 2. The van der Waals surface area contributed by atoms with Crippen molar-refractivity contribution in [3.05, 3.63) is 200 Å². The van der Waals surface area contributed by atoms with Gasteiger partial charge in [-0.2, -0.15) is 0 Å². The maximum Gasteiger partial charge on any atom is 0.143 e. The van der Waals surface area contributed by atoms with Crippen LogP contribution in [-0.4, -0.2) is 0 Å². The van der Waals surface area contributed by atoms with Gasteiger partial charge in [-0.05, 0) is 105 Å². The molecule has 0 bridgehead atoms. The Bertz CT molecular complexity index is 3190. The fourth-order valence-electron chi connectivity index (χ4n) is 8.11. The predicted molar refractivity (Wildman–Crippen MR) is 229 cm³/mol. The van der Waals surface area contributed by atoms with Crippen LogP contribution in [0.1, 0.15) is 0 Å². The first-order chi connectivity index (χ1) is 27.2. The van der Waals surface area contributed by atoms with Crippen molar-refractivity contribution in [2.45, 2.75) is 0 Å². The van der Waals surface area contributed by atoms with Crippen LogP contribution in [0.2, 0.25) is 0 Å². The second kappa shape index (κ2) is 12.6. The van der Waals surface area contributed by atoms with Crippen molar-refractivity contribution < 1.29 is 8.83 Å². The largest absolute Gasteiger partial charge is 0.456 e. The highest BCUT2D eigenvalue weighted by atomic mass is 16.3. The van der Waals surface area contributed by atoms with Crippen LogP contribution in [0.5, 0.6) is 0 Å². The van der Waals surface area contributed by atoms with E-state index in [4.69, 9.17) is 8.83 Å². The number of anilines is 3. The molecule has 0 atom stereocenters. The molecule has 3 heteroatoms. The lowest BCUT2D eigenvalue weighted by atomic mass is 10.00. The molecule has 0 unspecified atom stereocenters. The number of fused-ring (bicyclic) bond motifs is 7. The van der Waals surface area contributed by atoms with E-state index in [0.717, 1.165) is 83.2 Å². The van der Waals surface area contributed by atoms with E-state index in [2.05, 4.69) is 193 Å². The van der Waals surface area contributed by atoms with Gasteiger partial charge >= 0.3 is 0 Å². The van der Waals surface area contributed by atoms with E-state index >= 15 is 0 Å². The van der Waals surface area contributed by atoms with Crippen LogP contribution in [0, 0.1) is 0 Å². The summed E-state index contributed by atoms with van der Waals surface area (Å²) in [6, 6.07) is 71.0. The fraction of sp³-hybridized carbons (Fsp3) is 0. The Morgan fingerprint density at radius 3 is 1.67 bits per heavy atom. The summed E-state index contributed by atoms with van der Waals surface area (Å²) < 4.78 is 12.8. The normalized spacial score (nSPS) is 11.6. The highest BCUT2D eigenvalue weighted by Gasteiger charge is 2.17. The summed E-state index contributed by atoms with van der Waals surface area (Å²) in [5.74, 6) is 0. The molecule has 0 fully saturated rings. The molecule has 2 aromatic heterocycles. The topological polar surface area (TPSA) is 29.5 Å². The number of hydrogen-bond acceptors (Lipinski definition) is 3. The molecule has 55 heavy (non-hydrogen) atoms. The molecule has 0 spiro atoms. The summed E-state index contributed by atoms with van der Waals surface area (Å²) in [6.07, 6.45) is 0. The lowest BCUT2D eigenvalue weighted by Crippen LogP contribution is -2.10. The van der Waals surface area contributed by atoms with Crippen LogP contribution in [0.25, 0.3) is 88.0 Å². The van der Waals surface area contributed by atoms with E-state index in [9.17, 15) is 0 Å². The highest BCUT2D eigenvalue weighted by Crippen LogP contribution is 2.41. The average Bonchev–Trinajstić information content (AvgIpc) is 3.81. The zero-order valence-electron chi connectivity index (χ0n) is 29.8. The van der Waals surface area contributed by atoms with E-state index in [1.54, 1.807) is 0 Å². The van der Waals surface area contributed by atoms with Gasteiger partial charge in [-0.15, -0.1) is 0 Å². The first-order valence-corrected chi connectivity index (χ1v) is 18.7. The smallest absolute Gasteiger partial charge is 0.143 e. The summed E-state index contributed by atoms with van der Waals surface area (Å²) in [7, 11) is 0. The number of rotatable bonds is 6. The molecule has 0 aliphatic heterocycles. The zero-order chi connectivity index (χ0) is 36.3. The highest BCUT2D eigenvalue weighted by molar-refractivity contribution is 6.11. The van der Waals surface area contributed by atoms with Crippen LogP contribution >= 0.6 is 0 Å². The molecule has 0 saturated heterocycles. The van der Waals surface area contributed by atoms with Gasteiger partial charge < -0.3 is 13.7 Å². The Balaban J connectivity index is 1.01. The minimum absolute atomic E-state index is 0.897. The summed E-state index contributed by atoms with van der Waals surface area (Å²) in [5.41, 5.74) is 13.6. The molecule has 0 N–H and O–H groups in total. The molecule has 2 heterocycles. The Kier molecular flexibility index (Phi) is 7.17. The molecule has 0 aliphatic rings.